The summed E-state index contributed by atoms with van der Waals surface area (Å²) in [5.74, 6) is 0. The molecule has 120 valence electrons. The summed E-state index contributed by atoms with van der Waals surface area (Å²) in [6.07, 6.45) is 9.25. The van der Waals surface area contributed by atoms with Crippen molar-refractivity contribution in [1.29, 1.82) is 0 Å². The van der Waals surface area contributed by atoms with E-state index < -0.39 is 0 Å². The van der Waals surface area contributed by atoms with Gasteiger partial charge in [0.1, 0.15) is 10.2 Å². The maximum Gasteiger partial charge on any atom is 0.410 e. The Morgan fingerprint density at radius 3 is 2.59 bits per heavy atom. The lowest BCUT2D eigenvalue weighted by Gasteiger charge is -2.23. The highest BCUT2D eigenvalue weighted by Gasteiger charge is 2.23. The van der Waals surface area contributed by atoms with Crippen molar-refractivity contribution in [3.8, 4) is 0 Å². The molecule has 1 amide bonds. The largest absolute Gasteiger partial charge is 0.444 e. The van der Waals surface area contributed by atoms with Crippen molar-refractivity contribution in [2.75, 3.05) is 13.1 Å². The summed E-state index contributed by atoms with van der Waals surface area (Å²) < 4.78 is 7.93. The van der Waals surface area contributed by atoms with Crippen LogP contribution in [0.15, 0.2) is 29.4 Å². The number of hydrogen-bond donors (Lipinski definition) is 0. The monoisotopic (exact) mass is 368 g/mol. The Hall–Kier alpha value is -1.63. The molecule has 1 aliphatic heterocycles. The Balaban J connectivity index is 0.000000162. The smallest absolute Gasteiger partial charge is 0.410 e. The summed E-state index contributed by atoms with van der Waals surface area (Å²) in [4.78, 5) is 21.2. The normalized spacial score (nSPS) is 14.6. The van der Waals surface area contributed by atoms with E-state index in [4.69, 9.17) is 4.74 Å². The minimum absolute atomic E-state index is 0.167. The van der Waals surface area contributed by atoms with Gasteiger partial charge in [-0.3, -0.25) is 0 Å². The third-order valence-electron chi connectivity index (χ3n) is 3.01. The molecule has 7 heteroatoms. The number of ether oxygens (including phenoxy) is 1. The van der Waals surface area contributed by atoms with Gasteiger partial charge in [-0.05, 0) is 49.5 Å². The number of hydrogen-bond acceptors (Lipinski definition) is 4. The third-order valence-corrected chi connectivity index (χ3v) is 3.41. The predicted octanol–water partition coefficient (Wildman–Crippen LogP) is 3.51. The highest BCUT2D eigenvalue weighted by atomic mass is 79.9. The molecule has 0 aliphatic carbocycles. The average Bonchev–Trinajstić information content (AvgIpc) is 3.08. The van der Waals surface area contributed by atoms with Crippen LogP contribution in [0.25, 0.3) is 5.65 Å². The van der Waals surface area contributed by atoms with Crippen LogP contribution in [0.2, 0.25) is 0 Å². The first-order valence-electron chi connectivity index (χ1n) is 7.27. The molecule has 6 nitrogen and oxygen atoms in total. The van der Waals surface area contributed by atoms with Gasteiger partial charge in [0.05, 0.1) is 6.20 Å². The van der Waals surface area contributed by atoms with Gasteiger partial charge in [0.25, 0.3) is 0 Å². The Labute approximate surface area is 138 Å². The molecule has 2 aromatic rings. The van der Waals surface area contributed by atoms with Crippen LogP contribution in [0.5, 0.6) is 0 Å². The minimum Gasteiger partial charge on any atom is -0.444 e. The van der Waals surface area contributed by atoms with Crippen molar-refractivity contribution >= 4 is 27.7 Å². The van der Waals surface area contributed by atoms with E-state index in [0.717, 1.165) is 36.2 Å². The summed E-state index contributed by atoms with van der Waals surface area (Å²) >= 11 is 3.26. The Morgan fingerprint density at radius 1 is 1.27 bits per heavy atom. The number of halogens is 1. The Morgan fingerprint density at radius 2 is 1.95 bits per heavy atom. The van der Waals surface area contributed by atoms with E-state index in [9.17, 15) is 4.79 Å². The second kappa shape index (κ2) is 7.09. The summed E-state index contributed by atoms with van der Waals surface area (Å²) in [5, 5.41) is 0. The standard InChI is InChI=1S/C9H17NO2.C6H4BrN3/c1-9(2,3)12-8(11)10-6-4-5-7-10;7-5-4-10-2-1-8-6(10)3-9-5/h4-7H2,1-3H3;1-4H. The van der Waals surface area contributed by atoms with Gasteiger partial charge < -0.3 is 14.0 Å². The minimum atomic E-state index is -0.361. The third kappa shape index (κ3) is 4.98. The molecule has 3 heterocycles. The summed E-state index contributed by atoms with van der Waals surface area (Å²) in [6.45, 7) is 7.38. The molecule has 0 N–H and O–H groups in total. The van der Waals surface area contributed by atoms with Crippen LogP contribution in [-0.4, -0.2) is 44.1 Å². The van der Waals surface area contributed by atoms with Crippen molar-refractivity contribution in [3.63, 3.8) is 0 Å². The number of amides is 1. The van der Waals surface area contributed by atoms with Gasteiger partial charge in [-0.2, -0.15) is 0 Å². The summed E-state index contributed by atoms with van der Waals surface area (Å²) in [5.41, 5.74) is 0.503. The van der Waals surface area contributed by atoms with Crippen molar-refractivity contribution in [1.82, 2.24) is 19.3 Å². The van der Waals surface area contributed by atoms with Gasteiger partial charge in [-0.15, -0.1) is 0 Å². The van der Waals surface area contributed by atoms with Gasteiger partial charge in [-0.1, -0.05) is 0 Å². The van der Waals surface area contributed by atoms with Crippen LogP contribution in [0.1, 0.15) is 33.6 Å². The van der Waals surface area contributed by atoms with Crippen LogP contribution in [0.3, 0.4) is 0 Å². The molecule has 0 bridgehead atoms. The SMILES string of the molecule is Brc1cn2ccnc2cn1.CC(C)(C)OC(=O)N1CCCC1. The first-order valence-corrected chi connectivity index (χ1v) is 8.06. The van der Waals surface area contributed by atoms with Gasteiger partial charge in [0.2, 0.25) is 0 Å². The molecular formula is C15H21BrN4O2. The van der Waals surface area contributed by atoms with E-state index >= 15 is 0 Å². The molecule has 0 unspecified atom stereocenters. The first kappa shape index (κ1) is 16.7. The topological polar surface area (TPSA) is 59.7 Å². The molecular weight excluding hydrogens is 348 g/mol. The molecule has 22 heavy (non-hydrogen) atoms. The number of fused-ring (bicyclic) bond motifs is 1. The van der Waals surface area contributed by atoms with Crippen molar-refractivity contribution in [2.24, 2.45) is 0 Å². The van der Waals surface area contributed by atoms with Crippen molar-refractivity contribution in [2.45, 2.75) is 39.2 Å². The molecule has 1 fully saturated rings. The first-order chi connectivity index (χ1) is 10.3. The zero-order valence-corrected chi connectivity index (χ0v) is 14.7. The second-order valence-electron chi connectivity index (χ2n) is 6.08. The van der Waals surface area contributed by atoms with Crippen LogP contribution in [0.4, 0.5) is 4.79 Å². The molecule has 0 radical (unpaired) electrons. The van der Waals surface area contributed by atoms with Crippen molar-refractivity contribution in [3.05, 3.63) is 29.4 Å². The fourth-order valence-corrected chi connectivity index (χ4v) is 2.35. The summed E-state index contributed by atoms with van der Waals surface area (Å²) in [6, 6.07) is 0. The van der Waals surface area contributed by atoms with E-state index in [1.807, 2.05) is 37.6 Å². The number of imidazole rings is 1. The number of likely N-dealkylation sites (tertiary alicyclic amines) is 1. The number of nitrogens with zero attached hydrogens (tertiary/aromatic N) is 4. The maximum absolute atomic E-state index is 11.4. The molecule has 2 aromatic heterocycles. The number of carbonyl (C=O) groups is 1. The number of carbonyl (C=O) groups excluding carboxylic acids is 1. The molecule has 1 aliphatic rings. The van der Waals surface area contributed by atoms with Crippen molar-refractivity contribution < 1.29 is 9.53 Å². The van der Waals surface area contributed by atoms with Crippen LogP contribution >= 0.6 is 15.9 Å². The molecule has 0 aromatic carbocycles. The fraction of sp³-hybridized carbons (Fsp3) is 0.533. The highest BCUT2D eigenvalue weighted by molar-refractivity contribution is 9.10. The van der Waals surface area contributed by atoms with Crippen LogP contribution in [0, 0.1) is 0 Å². The highest BCUT2D eigenvalue weighted by Crippen LogP contribution is 2.14. The van der Waals surface area contributed by atoms with Gasteiger partial charge in [0, 0.05) is 31.7 Å². The lowest BCUT2D eigenvalue weighted by Crippen LogP contribution is -2.34. The van der Waals surface area contributed by atoms with Crippen LogP contribution < -0.4 is 0 Å². The molecule has 0 atom stereocenters. The second-order valence-corrected chi connectivity index (χ2v) is 6.89. The van der Waals surface area contributed by atoms with E-state index in [1.54, 1.807) is 17.3 Å². The zero-order chi connectivity index (χ0) is 16.2. The van der Waals surface area contributed by atoms with Crippen LogP contribution in [-0.2, 0) is 4.74 Å². The lowest BCUT2D eigenvalue weighted by molar-refractivity contribution is 0.0295. The van der Waals surface area contributed by atoms with Gasteiger partial charge in [0.15, 0.2) is 5.65 Å². The molecule has 1 saturated heterocycles. The maximum atomic E-state index is 11.4. The molecule has 0 saturated carbocycles. The quantitative estimate of drug-likeness (QED) is 0.713. The summed E-state index contributed by atoms with van der Waals surface area (Å²) in [7, 11) is 0. The fourth-order valence-electron chi connectivity index (χ4n) is 2.03. The number of rotatable bonds is 0. The number of aromatic nitrogens is 3. The zero-order valence-electron chi connectivity index (χ0n) is 13.1. The predicted molar refractivity (Wildman–Crippen MR) is 87.7 cm³/mol. The van der Waals surface area contributed by atoms with E-state index in [1.165, 1.54) is 0 Å². The Kier molecular flexibility index (Phi) is 5.39. The molecule has 3 rings (SSSR count). The van der Waals surface area contributed by atoms with Gasteiger partial charge >= 0.3 is 6.09 Å². The van der Waals surface area contributed by atoms with E-state index in [-0.39, 0.29) is 11.7 Å². The van der Waals surface area contributed by atoms with E-state index in [2.05, 4.69) is 25.9 Å². The lowest BCUT2D eigenvalue weighted by atomic mass is 10.2. The molecule has 0 spiro atoms. The van der Waals surface area contributed by atoms with E-state index in [0.29, 0.717) is 0 Å². The average molecular weight is 369 g/mol. The van der Waals surface area contributed by atoms with Gasteiger partial charge in [-0.25, -0.2) is 14.8 Å². The Bertz CT molecular complexity index is 630.